The molecule has 0 saturated carbocycles. The Labute approximate surface area is 130 Å². The molecule has 1 aromatic rings. The van der Waals surface area contributed by atoms with Crippen molar-refractivity contribution in [1.29, 1.82) is 0 Å². The first kappa shape index (κ1) is 15.1. The third-order valence-electron chi connectivity index (χ3n) is 4.42. The van der Waals surface area contributed by atoms with Gasteiger partial charge in [-0.2, -0.15) is 0 Å². The van der Waals surface area contributed by atoms with Crippen LogP contribution in [0.2, 0.25) is 5.02 Å². The smallest absolute Gasteiger partial charge is 0.124 e. The first-order valence-electron chi connectivity index (χ1n) is 7.49. The fourth-order valence-electron chi connectivity index (χ4n) is 3.21. The molecule has 2 fully saturated rings. The van der Waals surface area contributed by atoms with Crippen molar-refractivity contribution in [2.45, 2.75) is 37.5 Å². The molecule has 2 atom stereocenters. The predicted octanol–water partition coefficient (Wildman–Crippen LogP) is 2.78. The molecule has 3 rings (SSSR count). The molecule has 4 nitrogen and oxygen atoms in total. The minimum Gasteiger partial charge on any atom is -0.496 e. The van der Waals surface area contributed by atoms with E-state index in [0.717, 1.165) is 55.4 Å². The average molecular weight is 312 g/mol. The molecule has 2 saturated heterocycles. The first-order valence-corrected chi connectivity index (χ1v) is 7.87. The molecule has 2 aliphatic heterocycles. The summed E-state index contributed by atoms with van der Waals surface area (Å²) in [5, 5.41) is 4.35. The van der Waals surface area contributed by atoms with E-state index in [1.54, 1.807) is 7.11 Å². The molecule has 2 unspecified atom stereocenters. The largest absolute Gasteiger partial charge is 0.496 e. The van der Waals surface area contributed by atoms with Gasteiger partial charge < -0.3 is 19.5 Å². The van der Waals surface area contributed by atoms with Gasteiger partial charge in [-0.1, -0.05) is 17.7 Å². The fourth-order valence-corrected chi connectivity index (χ4v) is 3.45. The molecule has 0 bridgehead atoms. The van der Waals surface area contributed by atoms with Crippen LogP contribution in [0.4, 0.5) is 0 Å². The second-order valence-corrected chi connectivity index (χ2v) is 6.23. The summed E-state index contributed by atoms with van der Waals surface area (Å²) in [6.07, 6.45) is 3.02. The van der Waals surface area contributed by atoms with Crippen molar-refractivity contribution >= 4 is 11.6 Å². The highest BCUT2D eigenvalue weighted by atomic mass is 35.5. The topological polar surface area (TPSA) is 39.7 Å². The minimum atomic E-state index is -0.0690. The van der Waals surface area contributed by atoms with Gasteiger partial charge in [-0.15, -0.1) is 0 Å². The highest BCUT2D eigenvalue weighted by Crippen LogP contribution is 2.33. The molecular weight excluding hydrogens is 290 g/mol. The quantitative estimate of drug-likeness (QED) is 0.928. The summed E-state index contributed by atoms with van der Waals surface area (Å²) in [5.41, 5.74) is 0.949. The summed E-state index contributed by atoms with van der Waals surface area (Å²) in [6, 6.07) is 6.18. The van der Waals surface area contributed by atoms with E-state index < -0.39 is 0 Å². The zero-order valence-corrected chi connectivity index (χ0v) is 13.1. The van der Waals surface area contributed by atoms with Crippen LogP contribution in [0.3, 0.4) is 0 Å². The maximum Gasteiger partial charge on any atom is 0.124 e. The van der Waals surface area contributed by atoms with Gasteiger partial charge in [0.1, 0.15) is 5.75 Å². The SMILES string of the molecule is COc1cccc(Cl)c1CNC1CCOC2(CCOC2)C1. The average Bonchev–Trinajstić information content (AvgIpc) is 2.93. The van der Waals surface area contributed by atoms with Crippen LogP contribution in [0.1, 0.15) is 24.8 Å². The maximum absolute atomic E-state index is 6.28. The van der Waals surface area contributed by atoms with Gasteiger partial charge in [0.05, 0.1) is 19.3 Å². The fraction of sp³-hybridized carbons (Fsp3) is 0.625. The molecule has 5 heteroatoms. The normalized spacial score (nSPS) is 29.0. The van der Waals surface area contributed by atoms with Gasteiger partial charge in [-0.3, -0.25) is 0 Å². The van der Waals surface area contributed by atoms with Gasteiger partial charge >= 0.3 is 0 Å². The number of nitrogens with one attached hydrogen (secondary N) is 1. The molecule has 1 N–H and O–H groups in total. The monoisotopic (exact) mass is 311 g/mol. The van der Waals surface area contributed by atoms with Gasteiger partial charge in [-0.05, 0) is 25.0 Å². The predicted molar refractivity (Wildman–Crippen MR) is 82.0 cm³/mol. The van der Waals surface area contributed by atoms with Crippen LogP contribution in [0.15, 0.2) is 18.2 Å². The van der Waals surface area contributed by atoms with E-state index in [1.807, 2.05) is 18.2 Å². The standard InChI is InChI=1S/C16H22ClNO3/c1-19-15-4-2-3-14(17)13(15)10-18-12-5-7-21-16(9-12)6-8-20-11-16/h2-4,12,18H,5-11H2,1H3. The van der Waals surface area contributed by atoms with Crippen LogP contribution in [0, 0.1) is 0 Å². The Kier molecular flexibility index (Phi) is 4.69. The van der Waals surface area contributed by atoms with E-state index in [1.165, 1.54) is 0 Å². The van der Waals surface area contributed by atoms with E-state index in [0.29, 0.717) is 12.6 Å². The lowest BCUT2D eigenvalue weighted by atomic mass is 9.89. The third kappa shape index (κ3) is 3.34. The Morgan fingerprint density at radius 1 is 1.43 bits per heavy atom. The maximum atomic E-state index is 6.28. The minimum absolute atomic E-state index is 0.0690. The van der Waals surface area contributed by atoms with Crippen LogP contribution in [0.5, 0.6) is 5.75 Å². The number of rotatable bonds is 4. The Morgan fingerprint density at radius 2 is 2.33 bits per heavy atom. The summed E-state index contributed by atoms with van der Waals surface area (Å²) in [7, 11) is 1.68. The molecular formula is C16H22ClNO3. The number of hydrogen-bond acceptors (Lipinski definition) is 4. The van der Waals surface area contributed by atoms with Gasteiger partial charge in [0.25, 0.3) is 0 Å². The summed E-state index contributed by atoms with van der Waals surface area (Å²) in [5.74, 6) is 0.834. The van der Waals surface area contributed by atoms with Crippen LogP contribution in [-0.4, -0.2) is 38.6 Å². The summed E-state index contributed by atoms with van der Waals surface area (Å²) in [6.45, 7) is 3.04. The zero-order valence-electron chi connectivity index (χ0n) is 12.4. The Bertz CT molecular complexity index is 488. The van der Waals surface area contributed by atoms with Crippen molar-refractivity contribution in [3.63, 3.8) is 0 Å². The molecule has 116 valence electrons. The van der Waals surface area contributed by atoms with E-state index >= 15 is 0 Å². The molecule has 0 amide bonds. The van der Waals surface area contributed by atoms with Crippen LogP contribution < -0.4 is 10.1 Å². The molecule has 1 aromatic carbocycles. The zero-order chi connectivity index (χ0) is 14.7. The summed E-state index contributed by atoms with van der Waals surface area (Å²) in [4.78, 5) is 0. The van der Waals surface area contributed by atoms with Crippen LogP contribution >= 0.6 is 11.6 Å². The lowest BCUT2D eigenvalue weighted by Gasteiger charge is -2.37. The van der Waals surface area contributed by atoms with Crippen LogP contribution in [-0.2, 0) is 16.0 Å². The second-order valence-electron chi connectivity index (χ2n) is 5.83. The summed E-state index contributed by atoms with van der Waals surface area (Å²) >= 11 is 6.28. The van der Waals surface area contributed by atoms with Crippen molar-refractivity contribution < 1.29 is 14.2 Å². The molecule has 0 aromatic heterocycles. The van der Waals surface area contributed by atoms with Gasteiger partial charge in [0.2, 0.25) is 0 Å². The van der Waals surface area contributed by atoms with Crippen molar-refractivity contribution in [2.24, 2.45) is 0 Å². The van der Waals surface area contributed by atoms with Crippen molar-refractivity contribution in [2.75, 3.05) is 26.9 Å². The summed E-state index contributed by atoms with van der Waals surface area (Å²) < 4.78 is 16.9. The number of ether oxygens (including phenoxy) is 3. The van der Waals surface area contributed by atoms with E-state index in [2.05, 4.69) is 5.32 Å². The Balaban J connectivity index is 1.62. The van der Waals surface area contributed by atoms with Gasteiger partial charge in [0, 0.05) is 42.8 Å². The Morgan fingerprint density at radius 3 is 3.10 bits per heavy atom. The lowest BCUT2D eigenvalue weighted by molar-refractivity contribution is -0.0894. The van der Waals surface area contributed by atoms with E-state index in [-0.39, 0.29) is 5.60 Å². The highest BCUT2D eigenvalue weighted by molar-refractivity contribution is 6.31. The van der Waals surface area contributed by atoms with E-state index in [4.69, 9.17) is 25.8 Å². The molecule has 0 aliphatic carbocycles. The second kappa shape index (κ2) is 6.53. The number of hydrogen-bond donors (Lipinski definition) is 1. The molecule has 2 heterocycles. The van der Waals surface area contributed by atoms with Crippen molar-refractivity contribution in [3.8, 4) is 5.75 Å². The number of methoxy groups -OCH3 is 1. The molecule has 21 heavy (non-hydrogen) atoms. The number of benzene rings is 1. The van der Waals surface area contributed by atoms with Crippen molar-refractivity contribution in [3.05, 3.63) is 28.8 Å². The highest BCUT2D eigenvalue weighted by Gasteiger charge is 2.40. The van der Waals surface area contributed by atoms with E-state index in [9.17, 15) is 0 Å². The third-order valence-corrected chi connectivity index (χ3v) is 4.78. The Hall–Kier alpha value is -0.810. The lowest BCUT2D eigenvalue weighted by Crippen LogP contribution is -2.47. The van der Waals surface area contributed by atoms with Gasteiger partial charge in [0.15, 0.2) is 0 Å². The molecule has 1 spiro atoms. The van der Waals surface area contributed by atoms with Gasteiger partial charge in [-0.25, -0.2) is 0 Å². The molecule has 0 radical (unpaired) electrons. The van der Waals surface area contributed by atoms with Crippen LogP contribution in [0.25, 0.3) is 0 Å². The number of halogens is 1. The van der Waals surface area contributed by atoms with Crippen molar-refractivity contribution in [1.82, 2.24) is 5.32 Å². The first-order chi connectivity index (χ1) is 10.2. The molecule has 2 aliphatic rings.